The third kappa shape index (κ3) is 4.84. The number of fused-ring (bicyclic) bond motifs is 1. The monoisotopic (exact) mass is 469 g/mol. The highest BCUT2D eigenvalue weighted by molar-refractivity contribution is 5.93. The Labute approximate surface area is 194 Å². The van der Waals surface area contributed by atoms with Gasteiger partial charge in [0.25, 0.3) is 11.8 Å². The summed E-state index contributed by atoms with van der Waals surface area (Å²) in [6.45, 7) is 4.47. The molecule has 1 saturated carbocycles. The molecule has 1 aromatic carbocycles. The van der Waals surface area contributed by atoms with E-state index in [1.807, 2.05) is 37.3 Å². The molecule has 2 aromatic heterocycles. The number of hydrogen-bond acceptors (Lipinski definition) is 7. The maximum absolute atomic E-state index is 13.1. The van der Waals surface area contributed by atoms with E-state index in [1.165, 1.54) is 0 Å². The Bertz CT molecular complexity index is 1230. The number of hydrazone groups is 1. The number of amides is 1. The summed E-state index contributed by atoms with van der Waals surface area (Å²) >= 11 is 0. The highest BCUT2D eigenvalue weighted by Gasteiger charge is 2.46. The molecule has 5 rings (SSSR count). The van der Waals surface area contributed by atoms with Crippen LogP contribution in [-0.4, -0.2) is 65.0 Å². The molecule has 1 saturated heterocycles. The predicted octanol–water partition coefficient (Wildman–Crippen LogP) is 2.85. The van der Waals surface area contributed by atoms with Crippen LogP contribution >= 0.6 is 0 Å². The van der Waals surface area contributed by atoms with Crippen molar-refractivity contribution in [2.45, 2.75) is 31.7 Å². The van der Waals surface area contributed by atoms with E-state index in [1.54, 1.807) is 16.8 Å². The number of carbonyl (C=O) groups excluding carboxylic acids is 1. The van der Waals surface area contributed by atoms with Crippen LogP contribution in [0.5, 0.6) is 0 Å². The summed E-state index contributed by atoms with van der Waals surface area (Å²) in [4.78, 5) is 19.3. The second-order valence-electron chi connectivity index (χ2n) is 8.62. The van der Waals surface area contributed by atoms with E-state index < -0.39 is 17.9 Å². The lowest BCUT2D eigenvalue weighted by molar-refractivity contribution is -0.0901. The summed E-state index contributed by atoms with van der Waals surface area (Å²) in [7, 11) is 0. The number of rotatable bonds is 6. The molecule has 34 heavy (non-hydrogen) atoms. The van der Waals surface area contributed by atoms with Gasteiger partial charge in [0.2, 0.25) is 0 Å². The fourth-order valence-corrected chi connectivity index (χ4v) is 4.09. The minimum absolute atomic E-state index is 0.123. The van der Waals surface area contributed by atoms with Gasteiger partial charge >= 0.3 is 0 Å². The van der Waals surface area contributed by atoms with Crippen molar-refractivity contribution in [1.29, 1.82) is 0 Å². The number of aromatic nitrogens is 3. The molecular weight excluding hydrogens is 444 g/mol. The molecule has 1 amide bonds. The van der Waals surface area contributed by atoms with Gasteiger partial charge in [0.05, 0.1) is 19.4 Å². The second kappa shape index (κ2) is 8.98. The maximum Gasteiger partial charge on any atom is 0.272 e. The largest absolute Gasteiger partial charge is 0.378 e. The molecule has 1 aliphatic heterocycles. The average molecular weight is 469 g/mol. The topological polar surface area (TPSA) is 96.1 Å². The fourth-order valence-electron chi connectivity index (χ4n) is 4.09. The van der Waals surface area contributed by atoms with Crippen LogP contribution in [0.3, 0.4) is 0 Å². The number of benzene rings is 1. The summed E-state index contributed by atoms with van der Waals surface area (Å²) in [5.41, 5.74) is 5.61. The standard InChI is InChI=1S/C23H25F2N7O2/c1-15-3-2-4-16(9-15)14-26-29-19-11-21(31-5-7-34-8-6-31)32-20(28-19)10-18(30-32)22(33)27-17-12-23(24,25)13-17/h2-4,9-11,14,17H,5-8,12-13H2,1H3,(H,27,33)(H,28,29)/b26-14+. The van der Waals surface area contributed by atoms with Gasteiger partial charge in [-0.2, -0.15) is 14.7 Å². The third-order valence-corrected chi connectivity index (χ3v) is 5.84. The van der Waals surface area contributed by atoms with Crippen molar-refractivity contribution in [3.63, 3.8) is 0 Å². The van der Waals surface area contributed by atoms with Crippen molar-refractivity contribution in [2.75, 3.05) is 36.6 Å². The van der Waals surface area contributed by atoms with Crippen LogP contribution in [0.2, 0.25) is 0 Å². The zero-order valence-corrected chi connectivity index (χ0v) is 18.7. The smallest absolute Gasteiger partial charge is 0.272 e. The quantitative estimate of drug-likeness (QED) is 0.426. The molecule has 11 heteroatoms. The zero-order valence-electron chi connectivity index (χ0n) is 18.7. The molecule has 1 aliphatic carbocycles. The minimum Gasteiger partial charge on any atom is -0.378 e. The molecule has 2 N–H and O–H groups in total. The Morgan fingerprint density at radius 1 is 1.24 bits per heavy atom. The first-order chi connectivity index (χ1) is 16.4. The molecule has 3 heterocycles. The molecule has 0 unspecified atom stereocenters. The fraction of sp³-hybridized carbons (Fsp3) is 0.391. The number of nitrogens with one attached hydrogen (secondary N) is 2. The number of aryl methyl sites for hydroxylation is 1. The Morgan fingerprint density at radius 2 is 2.03 bits per heavy atom. The van der Waals surface area contributed by atoms with E-state index in [9.17, 15) is 13.6 Å². The summed E-state index contributed by atoms with van der Waals surface area (Å²) in [5.74, 6) is -1.98. The van der Waals surface area contributed by atoms with E-state index in [2.05, 4.69) is 30.8 Å². The molecule has 2 fully saturated rings. The van der Waals surface area contributed by atoms with Crippen LogP contribution in [0, 0.1) is 6.92 Å². The molecule has 2 aliphatic rings. The van der Waals surface area contributed by atoms with Gasteiger partial charge in [-0.3, -0.25) is 10.2 Å². The van der Waals surface area contributed by atoms with E-state index in [0.29, 0.717) is 37.8 Å². The molecule has 178 valence electrons. The lowest BCUT2D eigenvalue weighted by Gasteiger charge is -2.35. The highest BCUT2D eigenvalue weighted by atomic mass is 19.3. The number of carbonyl (C=O) groups is 1. The number of ether oxygens (including phenoxy) is 1. The molecule has 3 aromatic rings. The zero-order chi connectivity index (χ0) is 23.7. The summed E-state index contributed by atoms with van der Waals surface area (Å²) in [6.07, 6.45) is 1.00. The first-order valence-electron chi connectivity index (χ1n) is 11.1. The van der Waals surface area contributed by atoms with E-state index in [4.69, 9.17) is 4.74 Å². The van der Waals surface area contributed by atoms with Gasteiger partial charge < -0.3 is 15.0 Å². The summed E-state index contributed by atoms with van der Waals surface area (Å²) < 4.78 is 33.3. The number of hydrogen-bond donors (Lipinski definition) is 2. The Kier molecular flexibility index (Phi) is 5.86. The molecular formula is C23H25F2N7O2. The second-order valence-corrected chi connectivity index (χ2v) is 8.62. The number of alkyl halides is 2. The van der Waals surface area contributed by atoms with Crippen LogP contribution in [0.15, 0.2) is 41.5 Å². The van der Waals surface area contributed by atoms with Crippen molar-refractivity contribution < 1.29 is 18.3 Å². The van der Waals surface area contributed by atoms with Crippen molar-refractivity contribution in [3.8, 4) is 0 Å². The molecule has 0 atom stereocenters. The van der Waals surface area contributed by atoms with Crippen LogP contribution in [0.25, 0.3) is 5.65 Å². The van der Waals surface area contributed by atoms with Gasteiger partial charge in [0.15, 0.2) is 17.2 Å². The normalized spacial score (nSPS) is 18.3. The van der Waals surface area contributed by atoms with Gasteiger partial charge in [-0.1, -0.05) is 29.8 Å². The SMILES string of the molecule is Cc1cccc(/C=N/Nc2cc(N3CCOCC3)n3nc(C(=O)NC4CC(F)(F)C4)cc3n2)c1. The van der Waals surface area contributed by atoms with Crippen LogP contribution < -0.4 is 15.6 Å². The lowest BCUT2D eigenvalue weighted by atomic mass is 9.88. The van der Waals surface area contributed by atoms with Crippen molar-refractivity contribution in [2.24, 2.45) is 5.10 Å². The maximum atomic E-state index is 13.1. The van der Waals surface area contributed by atoms with E-state index in [0.717, 1.165) is 16.9 Å². The van der Waals surface area contributed by atoms with Gasteiger partial charge in [-0.25, -0.2) is 13.8 Å². The number of halogens is 2. The molecule has 0 radical (unpaired) electrons. The van der Waals surface area contributed by atoms with Gasteiger partial charge in [-0.05, 0) is 12.5 Å². The third-order valence-electron chi connectivity index (χ3n) is 5.84. The number of morpholine rings is 1. The van der Waals surface area contributed by atoms with Crippen molar-refractivity contribution >= 4 is 29.4 Å². The summed E-state index contributed by atoms with van der Waals surface area (Å²) in [6, 6.07) is 10.7. The van der Waals surface area contributed by atoms with Crippen LogP contribution in [0.1, 0.15) is 34.5 Å². The Balaban J connectivity index is 1.41. The minimum atomic E-state index is -2.71. The van der Waals surface area contributed by atoms with Crippen LogP contribution in [0.4, 0.5) is 20.4 Å². The van der Waals surface area contributed by atoms with Crippen LogP contribution in [-0.2, 0) is 4.74 Å². The number of nitrogens with zero attached hydrogens (tertiary/aromatic N) is 5. The Morgan fingerprint density at radius 3 is 2.76 bits per heavy atom. The highest BCUT2D eigenvalue weighted by Crippen LogP contribution is 2.37. The van der Waals surface area contributed by atoms with E-state index >= 15 is 0 Å². The Hall–Kier alpha value is -3.60. The number of anilines is 2. The first kappa shape index (κ1) is 22.2. The lowest BCUT2D eigenvalue weighted by Crippen LogP contribution is -2.50. The predicted molar refractivity (Wildman–Crippen MR) is 124 cm³/mol. The molecule has 0 spiro atoms. The summed E-state index contributed by atoms with van der Waals surface area (Å²) in [5, 5.41) is 11.3. The van der Waals surface area contributed by atoms with E-state index in [-0.39, 0.29) is 18.5 Å². The van der Waals surface area contributed by atoms with Crippen molar-refractivity contribution in [1.82, 2.24) is 19.9 Å². The van der Waals surface area contributed by atoms with Gasteiger partial charge in [-0.15, -0.1) is 0 Å². The molecule has 9 nitrogen and oxygen atoms in total. The average Bonchev–Trinajstić information content (AvgIpc) is 3.22. The van der Waals surface area contributed by atoms with Crippen molar-refractivity contribution in [3.05, 3.63) is 53.2 Å². The molecule has 0 bridgehead atoms. The first-order valence-corrected chi connectivity index (χ1v) is 11.1. The van der Waals surface area contributed by atoms with Gasteiger partial charge in [0, 0.05) is 44.1 Å². The van der Waals surface area contributed by atoms with Gasteiger partial charge in [0.1, 0.15) is 5.82 Å².